The van der Waals surface area contributed by atoms with Gasteiger partial charge in [-0.25, -0.2) is 9.59 Å². The maximum absolute atomic E-state index is 13.2. The van der Waals surface area contributed by atoms with Gasteiger partial charge in [-0.15, -0.1) is 0 Å². The monoisotopic (exact) mass is 517 g/mol. The molecule has 2 aliphatic heterocycles. The third-order valence-electron chi connectivity index (χ3n) is 6.35. The van der Waals surface area contributed by atoms with Crippen molar-refractivity contribution in [3.8, 4) is 5.75 Å². The van der Waals surface area contributed by atoms with Gasteiger partial charge in [0.2, 0.25) is 5.91 Å². The van der Waals surface area contributed by atoms with Crippen molar-refractivity contribution in [3.05, 3.63) is 24.3 Å². The highest BCUT2D eigenvalue weighted by molar-refractivity contribution is 6.13. The van der Waals surface area contributed by atoms with E-state index in [0.29, 0.717) is 30.3 Å². The average molecular weight is 518 g/mol. The number of hydrogen-bond acceptors (Lipinski definition) is 7. The molecule has 0 aliphatic carbocycles. The molecule has 1 atom stereocenters. The second-order valence-electron chi connectivity index (χ2n) is 10.4. The summed E-state index contributed by atoms with van der Waals surface area (Å²) >= 11 is 0. The van der Waals surface area contributed by atoms with Crippen LogP contribution in [-0.4, -0.2) is 76.8 Å². The molecule has 2 fully saturated rings. The summed E-state index contributed by atoms with van der Waals surface area (Å²) in [5.41, 5.74) is -0.173. The number of unbranched alkanes of at least 4 members (excludes halogenated alkanes) is 5. The van der Waals surface area contributed by atoms with Gasteiger partial charge in [-0.3, -0.25) is 14.5 Å². The number of likely N-dealkylation sites (tertiary alicyclic amines) is 1. The molecule has 2 saturated heterocycles. The highest BCUT2D eigenvalue weighted by Crippen LogP contribution is 2.28. The van der Waals surface area contributed by atoms with Crippen molar-refractivity contribution in [3.63, 3.8) is 0 Å². The lowest BCUT2D eigenvalue weighted by Crippen LogP contribution is -2.57. The third-order valence-corrected chi connectivity index (χ3v) is 6.35. The maximum Gasteiger partial charge on any atom is 0.424 e. The molecule has 0 aromatic heterocycles. The summed E-state index contributed by atoms with van der Waals surface area (Å²) in [4.78, 5) is 54.6. The quantitative estimate of drug-likeness (QED) is 0.347. The van der Waals surface area contributed by atoms with Crippen molar-refractivity contribution >= 4 is 29.6 Å². The summed E-state index contributed by atoms with van der Waals surface area (Å²) in [6.45, 7) is 6.53. The van der Waals surface area contributed by atoms with E-state index in [-0.39, 0.29) is 25.5 Å². The first-order chi connectivity index (χ1) is 17.6. The summed E-state index contributed by atoms with van der Waals surface area (Å²) in [5.74, 6) is -0.615. The van der Waals surface area contributed by atoms with Crippen LogP contribution in [0.1, 0.15) is 72.1 Å². The topological polar surface area (TPSA) is 117 Å². The molecule has 10 heteroatoms. The summed E-state index contributed by atoms with van der Waals surface area (Å²) in [7, 11) is 0. The van der Waals surface area contributed by atoms with Gasteiger partial charge in [0.1, 0.15) is 17.4 Å². The van der Waals surface area contributed by atoms with Gasteiger partial charge in [0, 0.05) is 31.8 Å². The van der Waals surface area contributed by atoms with Crippen LogP contribution in [0.4, 0.5) is 15.3 Å². The van der Waals surface area contributed by atoms with E-state index in [1.54, 1.807) is 25.7 Å². The number of imide groups is 3. The Hall–Kier alpha value is -3.14. The van der Waals surface area contributed by atoms with Crippen molar-refractivity contribution in [2.75, 3.05) is 31.2 Å². The van der Waals surface area contributed by atoms with Crippen LogP contribution < -0.4 is 9.64 Å². The number of benzene rings is 1. The van der Waals surface area contributed by atoms with Gasteiger partial charge in [0.15, 0.2) is 0 Å². The Labute approximate surface area is 218 Å². The van der Waals surface area contributed by atoms with Gasteiger partial charge in [-0.2, -0.15) is 4.90 Å². The van der Waals surface area contributed by atoms with E-state index in [4.69, 9.17) is 14.6 Å². The van der Waals surface area contributed by atoms with Crippen molar-refractivity contribution in [1.82, 2.24) is 9.80 Å². The standard InChI is InChI=1S/C27H39N3O7/c1-27(2,3)37-26(35)30-23(32)15-14-22(24(30)33)29-17-16-28(25(29)34)20-10-12-21(13-11-20)36-19-9-7-5-4-6-8-18-31/h10-13,22,31H,4-9,14-19H2,1-3H3. The number of nitrogens with zero attached hydrogens (tertiary/aromatic N) is 3. The van der Waals surface area contributed by atoms with Gasteiger partial charge in [0.25, 0.3) is 5.91 Å². The van der Waals surface area contributed by atoms with Crippen LogP contribution in [0.2, 0.25) is 0 Å². The van der Waals surface area contributed by atoms with Crippen LogP contribution in [0.5, 0.6) is 5.75 Å². The van der Waals surface area contributed by atoms with Crippen LogP contribution in [0.3, 0.4) is 0 Å². The summed E-state index contributed by atoms with van der Waals surface area (Å²) in [6.07, 6.45) is 5.35. The molecule has 0 saturated carbocycles. The lowest BCUT2D eigenvalue weighted by atomic mass is 10.0. The van der Waals surface area contributed by atoms with E-state index in [1.807, 2.05) is 24.3 Å². The van der Waals surface area contributed by atoms with Crippen molar-refractivity contribution in [2.24, 2.45) is 0 Å². The smallest absolute Gasteiger partial charge is 0.424 e. The lowest BCUT2D eigenvalue weighted by molar-refractivity contribution is -0.150. The predicted octanol–water partition coefficient (Wildman–Crippen LogP) is 4.09. The molecule has 2 heterocycles. The van der Waals surface area contributed by atoms with Gasteiger partial charge < -0.3 is 19.5 Å². The molecule has 5 amide bonds. The van der Waals surface area contributed by atoms with Gasteiger partial charge in [0.05, 0.1) is 6.61 Å². The Morgan fingerprint density at radius 3 is 2.27 bits per heavy atom. The number of piperidine rings is 1. The highest BCUT2D eigenvalue weighted by atomic mass is 16.6. The Bertz CT molecular complexity index is 958. The number of hydrogen-bond donors (Lipinski definition) is 1. The van der Waals surface area contributed by atoms with Crippen LogP contribution in [0, 0.1) is 0 Å². The Balaban J connectivity index is 1.53. The van der Waals surface area contributed by atoms with Crippen LogP contribution in [0.25, 0.3) is 0 Å². The fourth-order valence-corrected chi connectivity index (χ4v) is 4.47. The molecule has 3 rings (SSSR count). The van der Waals surface area contributed by atoms with Crippen LogP contribution in [-0.2, 0) is 14.3 Å². The lowest BCUT2D eigenvalue weighted by Gasteiger charge is -2.34. The van der Waals surface area contributed by atoms with Crippen molar-refractivity contribution in [2.45, 2.75) is 83.8 Å². The van der Waals surface area contributed by atoms with E-state index in [1.165, 1.54) is 4.90 Å². The molecule has 1 unspecified atom stereocenters. The zero-order valence-corrected chi connectivity index (χ0v) is 22.1. The molecule has 0 radical (unpaired) electrons. The maximum atomic E-state index is 13.2. The second kappa shape index (κ2) is 12.9. The van der Waals surface area contributed by atoms with Crippen LogP contribution >= 0.6 is 0 Å². The van der Waals surface area contributed by atoms with Gasteiger partial charge in [-0.1, -0.05) is 25.7 Å². The molecular formula is C27H39N3O7. The molecular weight excluding hydrogens is 478 g/mol. The second-order valence-corrected chi connectivity index (χ2v) is 10.4. The number of amides is 5. The normalized spacial score (nSPS) is 18.5. The Morgan fingerprint density at radius 1 is 0.973 bits per heavy atom. The van der Waals surface area contributed by atoms with Crippen molar-refractivity contribution in [1.29, 1.82) is 0 Å². The molecule has 0 bridgehead atoms. The summed E-state index contributed by atoms with van der Waals surface area (Å²) < 4.78 is 11.0. The number of aliphatic hydroxyl groups excluding tert-OH is 1. The number of rotatable bonds is 11. The molecule has 1 aromatic carbocycles. The molecule has 1 N–H and O–H groups in total. The van der Waals surface area contributed by atoms with E-state index in [9.17, 15) is 19.2 Å². The SMILES string of the molecule is CC(C)(C)OC(=O)N1C(=O)CCC(N2CCN(c3ccc(OCCCCCCCCO)cc3)C2=O)C1=O. The first-order valence-electron chi connectivity index (χ1n) is 13.1. The minimum absolute atomic E-state index is 0.0197. The number of anilines is 1. The molecule has 204 valence electrons. The van der Waals surface area contributed by atoms with Gasteiger partial charge in [-0.05, 0) is 64.3 Å². The highest BCUT2D eigenvalue weighted by Gasteiger charge is 2.46. The number of carbonyl (C=O) groups is 4. The number of carbonyl (C=O) groups excluding carboxylic acids is 4. The molecule has 2 aliphatic rings. The number of urea groups is 1. The zero-order chi connectivity index (χ0) is 27.0. The van der Waals surface area contributed by atoms with E-state index in [0.717, 1.165) is 44.3 Å². The minimum Gasteiger partial charge on any atom is -0.494 e. The Kier molecular flexibility index (Phi) is 9.91. The minimum atomic E-state index is -1.01. The van der Waals surface area contributed by atoms with Crippen molar-refractivity contribution < 1.29 is 33.8 Å². The molecule has 0 spiro atoms. The predicted molar refractivity (Wildman–Crippen MR) is 137 cm³/mol. The fourth-order valence-electron chi connectivity index (χ4n) is 4.47. The molecule has 37 heavy (non-hydrogen) atoms. The molecule has 10 nitrogen and oxygen atoms in total. The first kappa shape index (κ1) is 28.4. The van der Waals surface area contributed by atoms with Crippen LogP contribution in [0.15, 0.2) is 24.3 Å². The number of ether oxygens (including phenoxy) is 2. The fraction of sp³-hybridized carbons (Fsp3) is 0.630. The molecule has 1 aromatic rings. The van der Waals surface area contributed by atoms with E-state index < -0.39 is 29.6 Å². The largest absolute Gasteiger partial charge is 0.494 e. The van der Waals surface area contributed by atoms with E-state index >= 15 is 0 Å². The average Bonchev–Trinajstić information content (AvgIpc) is 3.21. The van der Waals surface area contributed by atoms with Gasteiger partial charge >= 0.3 is 12.1 Å². The van der Waals surface area contributed by atoms with E-state index in [2.05, 4.69) is 0 Å². The first-order valence-corrected chi connectivity index (χ1v) is 13.1. The number of aliphatic hydroxyl groups is 1. The Morgan fingerprint density at radius 2 is 1.62 bits per heavy atom. The third kappa shape index (κ3) is 7.67. The zero-order valence-electron chi connectivity index (χ0n) is 22.1. The summed E-state index contributed by atoms with van der Waals surface area (Å²) in [6, 6.07) is 6.03. The summed E-state index contributed by atoms with van der Waals surface area (Å²) in [5, 5.41) is 8.80.